The Bertz CT molecular complexity index is 1040. The van der Waals surface area contributed by atoms with E-state index in [0.717, 1.165) is 53.7 Å². The number of fused-ring (bicyclic) bond motifs is 2. The number of para-hydroxylation sites is 2. The summed E-state index contributed by atoms with van der Waals surface area (Å²) in [6, 6.07) is 12.3. The van der Waals surface area contributed by atoms with Crippen LogP contribution in [0.4, 0.5) is 5.82 Å². The largest absolute Gasteiger partial charge is 0.369 e. The van der Waals surface area contributed by atoms with Gasteiger partial charge in [0.15, 0.2) is 5.65 Å². The van der Waals surface area contributed by atoms with E-state index in [4.69, 9.17) is 4.98 Å². The third-order valence-electron chi connectivity index (χ3n) is 4.38. The Kier molecular flexibility index (Phi) is 3.87. The van der Waals surface area contributed by atoms with Crippen LogP contribution in [0.2, 0.25) is 0 Å². The van der Waals surface area contributed by atoms with Gasteiger partial charge in [-0.3, -0.25) is 0 Å². The van der Waals surface area contributed by atoms with Crippen LogP contribution >= 0.6 is 0 Å². The van der Waals surface area contributed by atoms with Crippen LogP contribution in [0.3, 0.4) is 0 Å². The highest BCUT2D eigenvalue weighted by Crippen LogP contribution is 2.17. The van der Waals surface area contributed by atoms with E-state index in [-0.39, 0.29) is 0 Å². The van der Waals surface area contributed by atoms with Crippen molar-refractivity contribution in [3.8, 4) is 0 Å². The predicted molar refractivity (Wildman–Crippen MR) is 100 cm³/mol. The number of aryl methyl sites for hydroxylation is 3. The zero-order chi connectivity index (χ0) is 17.4. The van der Waals surface area contributed by atoms with Crippen molar-refractivity contribution < 1.29 is 0 Å². The molecule has 0 saturated carbocycles. The zero-order valence-corrected chi connectivity index (χ0v) is 14.8. The summed E-state index contributed by atoms with van der Waals surface area (Å²) < 4.78 is 4.15. The Morgan fingerprint density at radius 1 is 1.04 bits per heavy atom. The maximum Gasteiger partial charge on any atom is 0.157 e. The summed E-state index contributed by atoms with van der Waals surface area (Å²) in [6.45, 7) is 7.86. The van der Waals surface area contributed by atoms with Gasteiger partial charge in [-0.1, -0.05) is 12.1 Å². The molecule has 1 aromatic carbocycles. The molecule has 3 heterocycles. The first-order valence-corrected chi connectivity index (χ1v) is 8.67. The summed E-state index contributed by atoms with van der Waals surface area (Å²) >= 11 is 0. The summed E-state index contributed by atoms with van der Waals surface area (Å²) in [7, 11) is 0. The molecule has 1 N–H and O–H groups in total. The second-order valence-corrected chi connectivity index (χ2v) is 6.28. The van der Waals surface area contributed by atoms with Crippen molar-refractivity contribution >= 4 is 22.5 Å². The average Bonchev–Trinajstić information content (AvgIpc) is 3.13. The molecule has 25 heavy (non-hydrogen) atoms. The minimum absolute atomic E-state index is 0.792. The molecule has 0 spiro atoms. The van der Waals surface area contributed by atoms with E-state index in [2.05, 4.69) is 45.1 Å². The fourth-order valence-electron chi connectivity index (χ4n) is 3.31. The molecule has 0 aliphatic heterocycles. The topological polar surface area (TPSA) is 60.0 Å². The molecule has 0 unspecified atom stereocenters. The minimum Gasteiger partial charge on any atom is -0.369 e. The summed E-state index contributed by atoms with van der Waals surface area (Å²) in [4.78, 5) is 9.31. The molecule has 4 aromatic rings. The number of nitrogens with zero attached hydrogens (tertiary/aromatic N) is 5. The maximum atomic E-state index is 4.79. The third-order valence-corrected chi connectivity index (χ3v) is 4.38. The first-order chi connectivity index (χ1) is 12.2. The molecule has 0 aliphatic carbocycles. The highest BCUT2D eigenvalue weighted by atomic mass is 15.3. The van der Waals surface area contributed by atoms with Crippen LogP contribution in [0.25, 0.3) is 16.7 Å². The van der Waals surface area contributed by atoms with Gasteiger partial charge in [0.05, 0.1) is 16.7 Å². The SMILES string of the molecule is CCn1c(CCNc2cc(C)nc3cc(C)nn23)nc2ccccc21. The lowest BCUT2D eigenvalue weighted by Crippen LogP contribution is -2.13. The van der Waals surface area contributed by atoms with Gasteiger partial charge in [0, 0.05) is 37.3 Å². The molecule has 0 amide bonds. The van der Waals surface area contributed by atoms with E-state index in [9.17, 15) is 0 Å². The Hall–Kier alpha value is -2.89. The van der Waals surface area contributed by atoms with E-state index in [1.807, 2.05) is 36.6 Å². The van der Waals surface area contributed by atoms with Crippen molar-refractivity contribution in [2.45, 2.75) is 33.7 Å². The quantitative estimate of drug-likeness (QED) is 0.608. The van der Waals surface area contributed by atoms with Crippen LogP contribution in [0.15, 0.2) is 36.4 Å². The van der Waals surface area contributed by atoms with Crippen LogP contribution in [0.5, 0.6) is 0 Å². The van der Waals surface area contributed by atoms with Gasteiger partial charge in [-0.25, -0.2) is 9.97 Å². The van der Waals surface area contributed by atoms with E-state index >= 15 is 0 Å². The zero-order valence-electron chi connectivity index (χ0n) is 14.8. The predicted octanol–water partition coefficient (Wildman–Crippen LogP) is 3.37. The molecule has 4 rings (SSSR count). The van der Waals surface area contributed by atoms with Crippen LogP contribution in [0.1, 0.15) is 24.1 Å². The molecule has 0 saturated heterocycles. The number of nitrogens with one attached hydrogen (secondary N) is 1. The van der Waals surface area contributed by atoms with Crippen molar-refractivity contribution in [2.24, 2.45) is 0 Å². The van der Waals surface area contributed by atoms with Gasteiger partial charge < -0.3 is 9.88 Å². The molecule has 0 fully saturated rings. The first kappa shape index (κ1) is 15.6. The van der Waals surface area contributed by atoms with E-state index in [1.54, 1.807) is 0 Å². The van der Waals surface area contributed by atoms with Crippen molar-refractivity contribution in [1.82, 2.24) is 24.1 Å². The lowest BCUT2D eigenvalue weighted by atomic mass is 10.3. The fraction of sp³-hybridized carbons (Fsp3) is 0.316. The Morgan fingerprint density at radius 3 is 2.72 bits per heavy atom. The Morgan fingerprint density at radius 2 is 1.88 bits per heavy atom. The number of anilines is 1. The number of hydrogen-bond donors (Lipinski definition) is 1. The van der Waals surface area contributed by atoms with Crippen LogP contribution in [-0.4, -0.2) is 30.7 Å². The van der Waals surface area contributed by atoms with E-state index in [0.29, 0.717) is 0 Å². The monoisotopic (exact) mass is 334 g/mol. The van der Waals surface area contributed by atoms with E-state index < -0.39 is 0 Å². The smallest absolute Gasteiger partial charge is 0.157 e. The highest BCUT2D eigenvalue weighted by Gasteiger charge is 2.10. The molecule has 3 aromatic heterocycles. The summed E-state index contributed by atoms with van der Waals surface area (Å²) in [5.41, 5.74) is 5.08. The molecule has 0 aliphatic rings. The fourth-order valence-corrected chi connectivity index (χ4v) is 3.31. The van der Waals surface area contributed by atoms with Gasteiger partial charge in [0.2, 0.25) is 0 Å². The molecule has 0 atom stereocenters. The molecule has 128 valence electrons. The van der Waals surface area contributed by atoms with Crippen molar-refractivity contribution in [3.05, 3.63) is 53.6 Å². The van der Waals surface area contributed by atoms with E-state index in [1.165, 1.54) is 5.52 Å². The van der Waals surface area contributed by atoms with Crippen molar-refractivity contribution in [2.75, 3.05) is 11.9 Å². The lowest BCUT2D eigenvalue weighted by molar-refractivity contribution is 0.716. The second kappa shape index (κ2) is 6.20. The number of benzene rings is 1. The van der Waals surface area contributed by atoms with Crippen molar-refractivity contribution in [3.63, 3.8) is 0 Å². The highest BCUT2D eigenvalue weighted by molar-refractivity contribution is 5.75. The molecule has 6 heteroatoms. The standard InChI is InChI=1S/C19H22N6/c1-4-24-16-8-6-5-7-15(16)22-17(24)9-10-20-18-11-13(2)21-19-12-14(3)23-25(18)19/h5-8,11-12,20H,4,9-10H2,1-3H3. The first-order valence-electron chi connectivity index (χ1n) is 8.67. The third kappa shape index (κ3) is 2.84. The van der Waals surface area contributed by atoms with Gasteiger partial charge in [0.1, 0.15) is 11.6 Å². The summed E-state index contributed by atoms with van der Waals surface area (Å²) in [6.07, 6.45) is 0.853. The molecule has 0 radical (unpaired) electrons. The lowest BCUT2D eigenvalue weighted by Gasteiger charge is -2.10. The average molecular weight is 334 g/mol. The van der Waals surface area contributed by atoms with Gasteiger partial charge in [-0.2, -0.15) is 9.61 Å². The maximum absolute atomic E-state index is 4.79. The number of aromatic nitrogens is 5. The normalized spacial score (nSPS) is 11.5. The van der Waals surface area contributed by atoms with Gasteiger partial charge in [-0.05, 0) is 32.9 Å². The van der Waals surface area contributed by atoms with Crippen LogP contribution in [0, 0.1) is 13.8 Å². The number of rotatable bonds is 5. The van der Waals surface area contributed by atoms with Crippen LogP contribution in [-0.2, 0) is 13.0 Å². The van der Waals surface area contributed by atoms with Gasteiger partial charge >= 0.3 is 0 Å². The number of hydrogen-bond acceptors (Lipinski definition) is 4. The molecular weight excluding hydrogens is 312 g/mol. The molecule has 0 bridgehead atoms. The summed E-state index contributed by atoms with van der Waals surface area (Å²) in [5, 5.41) is 8.01. The molecule has 6 nitrogen and oxygen atoms in total. The Labute approximate surface area is 146 Å². The molecular formula is C19H22N6. The van der Waals surface area contributed by atoms with Crippen LogP contribution < -0.4 is 5.32 Å². The number of imidazole rings is 1. The van der Waals surface area contributed by atoms with Gasteiger partial charge in [-0.15, -0.1) is 0 Å². The Balaban J connectivity index is 1.57. The summed E-state index contributed by atoms with van der Waals surface area (Å²) in [5.74, 6) is 2.07. The minimum atomic E-state index is 0.792. The van der Waals surface area contributed by atoms with Crippen molar-refractivity contribution in [1.29, 1.82) is 0 Å². The second-order valence-electron chi connectivity index (χ2n) is 6.28. The van der Waals surface area contributed by atoms with Gasteiger partial charge in [0.25, 0.3) is 0 Å².